The van der Waals surface area contributed by atoms with Crippen molar-refractivity contribution in [3.63, 3.8) is 0 Å². The van der Waals surface area contributed by atoms with Crippen molar-refractivity contribution in [2.45, 2.75) is 52.2 Å². The van der Waals surface area contributed by atoms with Gasteiger partial charge < -0.3 is 4.74 Å². The third-order valence-corrected chi connectivity index (χ3v) is 3.27. The molecule has 1 fully saturated rings. The first-order chi connectivity index (χ1) is 8.21. The van der Waals surface area contributed by atoms with E-state index in [4.69, 9.17) is 4.74 Å². The summed E-state index contributed by atoms with van der Waals surface area (Å²) in [5.41, 5.74) is 0.487. The Labute approximate surface area is 106 Å². The first-order valence-corrected chi connectivity index (χ1v) is 6.25. The van der Waals surface area contributed by atoms with Crippen LogP contribution in [0.25, 0.3) is 0 Å². The van der Waals surface area contributed by atoms with Crippen molar-refractivity contribution in [3.8, 4) is 0 Å². The highest BCUT2D eigenvalue weighted by atomic mass is 19.3. The number of halogens is 2. The topological polar surface area (TPSA) is 27.1 Å². The molecule has 5 heteroatoms. The van der Waals surface area contributed by atoms with Gasteiger partial charge in [-0.15, -0.1) is 0 Å². The Kier molecular flexibility index (Phi) is 3.21. The third kappa shape index (κ3) is 2.71. The van der Waals surface area contributed by atoms with Crippen molar-refractivity contribution < 1.29 is 13.5 Å². The minimum Gasteiger partial charge on any atom is -0.314 e. The number of nitrogens with zero attached hydrogens (tertiary/aromatic N) is 2. The standard InChI is InChI=1S/C13H20F2N2O/c1-12(2,3)13(14,15)18-8-10-7-11(9-5-6-9)16-17(10)4/h7,9H,5-6,8H2,1-4H3. The van der Waals surface area contributed by atoms with Crippen LogP contribution in [0.4, 0.5) is 8.78 Å². The van der Waals surface area contributed by atoms with Crippen LogP contribution in [0.5, 0.6) is 0 Å². The molecule has 0 aromatic carbocycles. The number of rotatable bonds is 4. The summed E-state index contributed by atoms with van der Waals surface area (Å²) in [5, 5.41) is 4.33. The SMILES string of the molecule is Cn1nc(C2CC2)cc1COC(F)(F)C(C)(C)C. The largest absolute Gasteiger partial charge is 0.360 e. The molecular formula is C13H20F2N2O. The lowest BCUT2D eigenvalue weighted by Gasteiger charge is -2.29. The van der Waals surface area contributed by atoms with Crippen LogP contribution in [0, 0.1) is 5.41 Å². The Hall–Kier alpha value is -0.970. The first kappa shape index (κ1) is 13.5. The summed E-state index contributed by atoms with van der Waals surface area (Å²) in [5.74, 6) is 0.521. The van der Waals surface area contributed by atoms with Crippen LogP contribution in [-0.2, 0) is 18.4 Å². The zero-order valence-electron chi connectivity index (χ0n) is 11.3. The predicted molar refractivity (Wildman–Crippen MR) is 64.4 cm³/mol. The van der Waals surface area contributed by atoms with Gasteiger partial charge >= 0.3 is 6.11 Å². The maximum atomic E-state index is 13.7. The molecule has 2 rings (SSSR count). The molecule has 0 atom stereocenters. The zero-order valence-corrected chi connectivity index (χ0v) is 11.3. The number of alkyl halides is 2. The maximum Gasteiger partial charge on any atom is 0.360 e. The smallest absolute Gasteiger partial charge is 0.314 e. The molecule has 1 aromatic rings. The normalized spacial score (nSPS) is 17.2. The fourth-order valence-electron chi connectivity index (χ4n) is 1.63. The van der Waals surface area contributed by atoms with Crippen molar-refractivity contribution in [1.29, 1.82) is 0 Å². The molecule has 1 aromatic heterocycles. The van der Waals surface area contributed by atoms with Gasteiger partial charge in [0, 0.05) is 13.0 Å². The van der Waals surface area contributed by atoms with Gasteiger partial charge in [-0.1, -0.05) is 20.8 Å². The summed E-state index contributed by atoms with van der Waals surface area (Å²) in [6.07, 6.45) is -0.845. The quantitative estimate of drug-likeness (QED) is 0.827. The number of hydrogen-bond acceptors (Lipinski definition) is 2. The van der Waals surface area contributed by atoms with E-state index in [-0.39, 0.29) is 6.61 Å². The number of aryl methyl sites for hydroxylation is 1. The molecule has 3 nitrogen and oxygen atoms in total. The molecule has 102 valence electrons. The summed E-state index contributed by atoms with van der Waals surface area (Å²) in [6, 6.07) is 1.87. The van der Waals surface area contributed by atoms with Crippen LogP contribution < -0.4 is 0 Å². The van der Waals surface area contributed by atoms with E-state index in [1.807, 2.05) is 6.07 Å². The van der Waals surface area contributed by atoms with Gasteiger partial charge in [0.1, 0.15) is 0 Å². The van der Waals surface area contributed by atoms with Crippen molar-refractivity contribution in [2.24, 2.45) is 12.5 Å². The van der Waals surface area contributed by atoms with Crippen LogP contribution >= 0.6 is 0 Å². The number of ether oxygens (including phenoxy) is 1. The average molecular weight is 258 g/mol. The predicted octanol–water partition coefficient (Wildman–Crippen LogP) is 3.45. The lowest BCUT2D eigenvalue weighted by molar-refractivity contribution is -0.301. The van der Waals surface area contributed by atoms with Crippen LogP contribution in [0.15, 0.2) is 6.07 Å². The third-order valence-electron chi connectivity index (χ3n) is 3.27. The van der Waals surface area contributed by atoms with E-state index in [1.54, 1.807) is 11.7 Å². The van der Waals surface area contributed by atoms with Gasteiger partial charge in [-0.2, -0.15) is 13.9 Å². The Bertz CT molecular complexity index is 431. The van der Waals surface area contributed by atoms with Crippen LogP contribution in [-0.4, -0.2) is 15.9 Å². The van der Waals surface area contributed by atoms with Crippen LogP contribution in [0.2, 0.25) is 0 Å². The molecule has 0 spiro atoms. The van der Waals surface area contributed by atoms with Gasteiger partial charge in [0.15, 0.2) is 0 Å². The van der Waals surface area contributed by atoms with Crippen LogP contribution in [0.1, 0.15) is 50.9 Å². The summed E-state index contributed by atoms with van der Waals surface area (Å²) < 4.78 is 33.8. The van der Waals surface area contributed by atoms with Gasteiger partial charge in [0.05, 0.1) is 23.4 Å². The summed E-state index contributed by atoms with van der Waals surface area (Å²) in [7, 11) is 1.76. The minimum atomic E-state index is -3.14. The van der Waals surface area contributed by atoms with E-state index in [1.165, 1.54) is 20.8 Å². The highest BCUT2D eigenvalue weighted by molar-refractivity contribution is 5.18. The van der Waals surface area contributed by atoms with Gasteiger partial charge in [0.2, 0.25) is 0 Å². The summed E-state index contributed by atoms with van der Waals surface area (Å²) in [4.78, 5) is 0. The lowest BCUT2D eigenvalue weighted by Crippen LogP contribution is -2.36. The van der Waals surface area contributed by atoms with Gasteiger partial charge in [-0.05, 0) is 18.9 Å². The molecule has 0 bridgehead atoms. The zero-order chi connectivity index (χ0) is 13.6. The van der Waals surface area contributed by atoms with Crippen LogP contribution in [0.3, 0.4) is 0 Å². The molecule has 1 heterocycles. The lowest BCUT2D eigenvalue weighted by atomic mass is 9.95. The van der Waals surface area contributed by atoms with E-state index < -0.39 is 11.5 Å². The number of aromatic nitrogens is 2. The Morgan fingerprint density at radius 2 is 2.00 bits per heavy atom. The molecular weight excluding hydrogens is 238 g/mol. The summed E-state index contributed by atoms with van der Waals surface area (Å²) in [6.45, 7) is 4.28. The highest BCUT2D eigenvalue weighted by Crippen LogP contribution is 2.40. The molecule has 0 saturated heterocycles. The van der Waals surface area contributed by atoms with E-state index in [2.05, 4.69) is 5.10 Å². The fourth-order valence-corrected chi connectivity index (χ4v) is 1.63. The minimum absolute atomic E-state index is 0.111. The summed E-state index contributed by atoms with van der Waals surface area (Å²) >= 11 is 0. The van der Waals surface area contributed by atoms with Crippen molar-refractivity contribution in [2.75, 3.05) is 0 Å². The molecule has 0 radical (unpaired) electrons. The molecule has 1 aliphatic carbocycles. The second-order valence-corrected chi connectivity index (χ2v) is 6.01. The van der Waals surface area contributed by atoms with Crippen molar-refractivity contribution >= 4 is 0 Å². The van der Waals surface area contributed by atoms with Gasteiger partial charge in [-0.3, -0.25) is 4.68 Å². The van der Waals surface area contributed by atoms with Crippen molar-refractivity contribution in [3.05, 3.63) is 17.5 Å². The molecule has 0 unspecified atom stereocenters. The van der Waals surface area contributed by atoms with Gasteiger partial charge in [-0.25, -0.2) is 0 Å². The van der Waals surface area contributed by atoms with Crippen molar-refractivity contribution in [1.82, 2.24) is 9.78 Å². The molecule has 0 aliphatic heterocycles. The molecule has 18 heavy (non-hydrogen) atoms. The Morgan fingerprint density at radius 1 is 1.39 bits per heavy atom. The molecule has 0 N–H and O–H groups in total. The molecule has 0 amide bonds. The Morgan fingerprint density at radius 3 is 2.50 bits per heavy atom. The maximum absolute atomic E-state index is 13.7. The molecule has 1 saturated carbocycles. The second kappa shape index (κ2) is 4.30. The van der Waals surface area contributed by atoms with E-state index >= 15 is 0 Å². The van der Waals surface area contributed by atoms with Gasteiger partial charge in [0.25, 0.3) is 0 Å². The van der Waals surface area contributed by atoms with E-state index in [9.17, 15) is 8.78 Å². The fraction of sp³-hybridized carbons (Fsp3) is 0.769. The molecule has 1 aliphatic rings. The second-order valence-electron chi connectivity index (χ2n) is 6.01. The Balaban J connectivity index is 2.01. The van der Waals surface area contributed by atoms with E-state index in [0.717, 1.165) is 18.5 Å². The number of hydrogen-bond donors (Lipinski definition) is 0. The highest BCUT2D eigenvalue weighted by Gasteiger charge is 2.44. The average Bonchev–Trinajstić information content (AvgIpc) is 2.99. The first-order valence-electron chi connectivity index (χ1n) is 6.25. The monoisotopic (exact) mass is 258 g/mol. The van der Waals surface area contributed by atoms with E-state index in [0.29, 0.717) is 11.6 Å².